The number of allylic oxidation sites excluding steroid dienone is 1. The van der Waals surface area contributed by atoms with Crippen molar-refractivity contribution in [2.75, 3.05) is 5.75 Å². The molecule has 1 heterocycles. The van der Waals surface area contributed by atoms with Gasteiger partial charge in [0.2, 0.25) is 0 Å². The van der Waals surface area contributed by atoms with Crippen molar-refractivity contribution in [3.63, 3.8) is 0 Å². The molecule has 0 saturated heterocycles. The van der Waals surface area contributed by atoms with Crippen LogP contribution in [0.1, 0.15) is 15.9 Å². The van der Waals surface area contributed by atoms with Crippen LogP contribution < -0.4 is 0 Å². The van der Waals surface area contributed by atoms with E-state index in [0.717, 1.165) is 17.0 Å². The van der Waals surface area contributed by atoms with Crippen molar-refractivity contribution >= 4 is 29.1 Å². The molecule has 4 nitrogen and oxygen atoms in total. The van der Waals surface area contributed by atoms with E-state index < -0.39 is 0 Å². The van der Waals surface area contributed by atoms with Crippen LogP contribution in [0.25, 0.3) is 11.4 Å². The fourth-order valence-electron chi connectivity index (χ4n) is 2.54. The molecule has 0 spiro atoms. The Balaban J connectivity index is 1.80. The molecule has 0 aliphatic rings. The summed E-state index contributed by atoms with van der Waals surface area (Å²) in [5.74, 6) is 1.08. The second kappa shape index (κ2) is 8.34. The fourth-order valence-corrected chi connectivity index (χ4v) is 3.50. The number of carbonyl (C=O) groups is 1. The predicted octanol–water partition coefficient (Wildman–Crippen LogP) is 5.07. The number of benzene rings is 2. The Kier molecular flexibility index (Phi) is 5.91. The van der Waals surface area contributed by atoms with E-state index in [4.69, 9.17) is 11.6 Å². The van der Waals surface area contributed by atoms with Crippen LogP contribution in [0.3, 0.4) is 0 Å². The molecular weight excluding hydrogens is 366 g/mol. The molecule has 0 saturated carbocycles. The quantitative estimate of drug-likeness (QED) is 0.324. The lowest BCUT2D eigenvalue weighted by atomic mass is 10.1. The molecule has 2 aromatic carbocycles. The third-order valence-corrected chi connectivity index (χ3v) is 5.02. The van der Waals surface area contributed by atoms with Crippen LogP contribution in [0.2, 0.25) is 5.02 Å². The van der Waals surface area contributed by atoms with Gasteiger partial charge < -0.3 is 0 Å². The molecule has 132 valence electrons. The molecule has 0 radical (unpaired) electrons. The highest BCUT2D eigenvalue weighted by molar-refractivity contribution is 7.99. The molecule has 0 aliphatic heterocycles. The SMILES string of the molecule is C=CCn1c(SCC(=O)c2ccc(Cl)cc2)nnc1-c1cccc(C)c1. The second-order valence-electron chi connectivity index (χ2n) is 5.79. The van der Waals surface area contributed by atoms with Crippen LogP contribution in [0.15, 0.2) is 66.3 Å². The summed E-state index contributed by atoms with van der Waals surface area (Å²) in [4.78, 5) is 12.4. The standard InChI is InChI=1S/C20H18ClN3OS/c1-3-11-24-19(16-6-4-5-14(2)12-16)22-23-20(24)26-13-18(25)15-7-9-17(21)10-8-15/h3-10,12H,1,11,13H2,2H3. The van der Waals surface area contributed by atoms with Crippen LogP contribution in [-0.4, -0.2) is 26.3 Å². The number of aryl methyl sites for hydroxylation is 1. The lowest BCUT2D eigenvalue weighted by molar-refractivity contribution is 0.102. The molecule has 0 bridgehead atoms. The molecule has 0 N–H and O–H groups in total. The van der Waals surface area contributed by atoms with E-state index in [0.29, 0.717) is 22.3 Å². The van der Waals surface area contributed by atoms with Crippen molar-refractivity contribution < 1.29 is 4.79 Å². The normalized spacial score (nSPS) is 10.7. The number of aromatic nitrogens is 3. The van der Waals surface area contributed by atoms with E-state index in [9.17, 15) is 4.79 Å². The summed E-state index contributed by atoms with van der Waals surface area (Å²) < 4.78 is 1.97. The summed E-state index contributed by atoms with van der Waals surface area (Å²) in [5, 5.41) is 9.91. The van der Waals surface area contributed by atoms with Gasteiger partial charge in [-0.15, -0.1) is 16.8 Å². The van der Waals surface area contributed by atoms with Crippen molar-refractivity contribution in [3.8, 4) is 11.4 Å². The predicted molar refractivity (Wildman–Crippen MR) is 107 cm³/mol. The van der Waals surface area contributed by atoms with Gasteiger partial charge >= 0.3 is 0 Å². The smallest absolute Gasteiger partial charge is 0.192 e. The van der Waals surface area contributed by atoms with Crippen LogP contribution in [-0.2, 0) is 6.54 Å². The van der Waals surface area contributed by atoms with E-state index in [1.54, 1.807) is 30.3 Å². The molecule has 26 heavy (non-hydrogen) atoms. The molecule has 6 heteroatoms. The zero-order valence-corrected chi connectivity index (χ0v) is 15.9. The van der Waals surface area contributed by atoms with Crippen molar-refractivity contribution in [3.05, 3.63) is 77.3 Å². The zero-order chi connectivity index (χ0) is 18.5. The summed E-state index contributed by atoms with van der Waals surface area (Å²) in [6, 6.07) is 15.0. The Labute approximate surface area is 161 Å². The van der Waals surface area contributed by atoms with Gasteiger partial charge in [0, 0.05) is 22.7 Å². The molecule has 3 aromatic rings. The van der Waals surface area contributed by atoms with Gasteiger partial charge in [-0.25, -0.2) is 0 Å². The molecule has 3 rings (SSSR count). The Morgan fingerprint density at radius 2 is 2.00 bits per heavy atom. The largest absolute Gasteiger partial charge is 0.298 e. The molecule has 0 amide bonds. The van der Waals surface area contributed by atoms with E-state index in [1.165, 1.54) is 11.8 Å². The van der Waals surface area contributed by atoms with E-state index >= 15 is 0 Å². The third kappa shape index (κ3) is 4.23. The Morgan fingerprint density at radius 1 is 1.23 bits per heavy atom. The molecule has 0 atom stereocenters. The topological polar surface area (TPSA) is 47.8 Å². The highest BCUT2D eigenvalue weighted by Gasteiger charge is 2.15. The monoisotopic (exact) mass is 383 g/mol. The van der Waals surface area contributed by atoms with Gasteiger partial charge in [0.1, 0.15) is 0 Å². The number of Topliss-reactive ketones (excluding diaryl/α,β-unsaturated/α-hetero) is 1. The minimum absolute atomic E-state index is 0.0249. The maximum absolute atomic E-state index is 12.4. The van der Waals surface area contributed by atoms with Crippen molar-refractivity contribution in [2.24, 2.45) is 0 Å². The van der Waals surface area contributed by atoms with Gasteiger partial charge in [-0.1, -0.05) is 53.2 Å². The van der Waals surface area contributed by atoms with E-state index in [1.807, 2.05) is 29.7 Å². The summed E-state index contributed by atoms with van der Waals surface area (Å²) in [6.45, 7) is 6.43. The van der Waals surface area contributed by atoms with Crippen LogP contribution in [0.4, 0.5) is 0 Å². The number of halogens is 1. The number of hydrogen-bond donors (Lipinski definition) is 0. The van der Waals surface area contributed by atoms with E-state index in [-0.39, 0.29) is 11.5 Å². The number of nitrogens with zero attached hydrogens (tertiary/aromatic N) is 3. The van der Waals surface area contributed by atoms with Crippen molar-refractivity contribution in [1.29, 1.82) is 0 Å². The second-order valence-corrected chi connectivity index (χ2v) is 7.17. The molecule has 0 fully saturated rings. The first-order valence-electron chi connectivity index (χ1n) is 8.11. The van der Waals surface area contributed by atoms with Gasteiger partial charge in [-0.2, -0.15) is 0 Å². The first kappa shape index (κ1) is 18.4. The number of carbonyl (C=O) groups excluding carboxylic acids is 1. The number of thioether (sulfide) groups is 1. The first-order valence-corrected chi connectivity index (χ1v) is 9.47. The lowest BCUT2D eigenvalue weighted by Gasteiger charge is -2.08. The van der Waals surface area contributed by atoms with Gasteiger partial charge in [0.05, 0.1) is 5.75 Å². The van der Waals surface area contributed by atoms with E-state index in [2.05, 4.69) is 22.8 Å². The summed E-state index contributed by atoms with van der Waals surface area (Å²) in [5.41, 5.74) is 2.79. The maximum Gasteiger partial charge on any atom is 0.192 e. The minimum atomic E-state index is 0.0249. The fraction of sp³-hybridized carbons (Fsp3) is 0.150. The number of ketones is 1. The van der Waals surface area contributed by atoms with Crippen molar-refractivity contribution in [2.45, 2.75) is 18.6 Å². The summed E-state index contributed by atoms with van der Waals surface area (Å²) in [6.07, 6.45) is 1.80. The maximum atomic E-state index is 12.4. The minimum Gasteiger partial charge on any atom is -0.298 e. The van der Waals surface area contributed by atoms with Crippen LogP contribution >= 0.6 is 23.4 Å². The Hall–Kier alpha value is -2.37. The van der Waals surface area contributed by atoms with Crippen LogP contribution in [0, 0.1) is 6.92 Å². The summed E-state index contributed by atoms with van der Waals surface area (Å²) >= 11 is 7.24. The number of hydrogen-bond acceptors (Lipinski definition) is 4. The van der Waals surface area contributed by atoms with Crippen LogP contribution in [0.5, 0.6) is 0 Å². The number of rotatable bonds is 7. The molecular formula is C20H18ClN3OS. The zero-order valence-electron chi connectivity index (χ0n) is 14.4. The molecule has 0 unspecified atom stereocenters. The Morgan fingerprint density at radius 3 is 2.69 bits per heavy atom. The van der Waals surface area contributed by atoms with Gasteiger partial charge in [-0.05, 0) is 37.3 Å². The lowest BCUT2D eigenvalue weighted by Crippen LogP contribution is -2.05. The van der Waals surface area contributed by atoms with Gasteiger partial charge in [0.25, 0.3) is 0 Å². The van der Waals surface area contributed by atoms with Gasteiger partial charge in [-0.3, -0.25) is 9.36 Å². The Bertz CT molecular complexity index is 934. The first-order chi connectivity index (χ1) is 12.6. The third-order valence-electron chi connectivity index (χ3n) is 3.80. The molecule has 1 aromatic heterocycles. The van der Waals surface area contributed by atoms with Gasteiger partial charge in [0.15, 0.2) is 16.8 Å². The average Bonchev–Trinajstić information content (AvgIpc) is 3.03. The highest BCUT2D eigenvalue weighted by atomic mass is 35.5. The van der Waals surface area contributed by atoms with Crippen molar-refractivity contribution in [1.82, 2.24) is 14.8 Å². The highest BCUT2D eigenvalue weighted by Crippen LogP contribution is 2.25. The molecule has 0 aliphatic carbocycles. The summed E-state index contributed by atoms with van der Waals surface area (Å²) in [7, 11) is 0. The average molecular weight is 384 g/mol.